The summed E-state index contributed by atoms with van der Waals surface area (Å²) in [6, 6.07) is 0. The molecule has 1 saturated carbocycles. The quantitative estimate of drug-likeness (QED) is 0.184. The average molecular weight is 461 g/mol. The number of allylic oxidation sites excluding steroid dienone is 2. The molecule has 0 saturated heterocycles. The van der Waals surface area contributed by atoms with Gasteiger partial charge >= 0.3 is 5.97 Å². The summed E-state index contributed by atoms with van der Waals surface area (Å²) in [5.74, 6) is 1.42. The minimum Gasteiger partial charge on any atom is -0.481 e. The van der Waals surface area contributed by atoms with Crippen molar-refractivity contribution in [3.63, 3.8) is 0 Å². The van der Waals surface area contributed by atoms with Gasteiger partial charge in [-0.25, -0.2) is 0 Å². The lowest BCUT2D eigenvalue weighted by Crippen LogP contribution is -2.50. The van der Waals surface area contributed by atoms with Crippen molar-refractivity contribution in [3.8, 4) is 0 Å². The smallest absolute Gasteiger partial charge is 0.303 e. The molecule has 0 bridgehead atoms. The van der Waals surface area contributed by atoms with Gasteiger partial charge in [0.15, 0.2) is 0 Å². The summed E-state index contributed by atoms with van der Waals surface area (Å²) in [4.78, 5) is 11.2. The molecule has 1 N–H and O–H groups in total. The molecule has 2 nitrogen and oxygen atoms in total. The van der Waals surface area contributed by atoms with E-state index in [9.17, 15) is 9.90 Å². The summed E-state index contributed by atoms with van der Waals surface area (Å²) in [6.07, 6.45) is 25.2. The molecule has 0 aromatic rings. The lowest BCUT2D eigenvalue weighted by molar-refractivity contribution is -0.137. The van der Waals surface area contributed by atoms with Crippen LogP contribution in [0, 0.1) is 28.6 Å². The number of hydrogen-bond donors (Lipinski definition) is 1. The van der Waals surface area contributed by atoms with E-state index in [4.69, 9.17) is 0 Å². The Morgan fingerprint density at radius 2 is 1.52 bits per heavy atom. The molecule has 0 aliphatic heterocycles. The van der Waals surface area contributed by atoms with Crippen LogP contribution in [0.25, 0.3) is 0 Å². The fourth-order valence-corrected chi connectivity index (χ4v) is 7.87. The molecule has 0 amide bonds. The van der Waals surface area contributed by atoms with Gasteiger partial charge in [-0.05, 0) is 74.0 Å². The molecule has 2 aliphatic rings. The molecule has 2 heteroatoms. The highest BCUT2D eigenvalue weighted by molar-refractivity contribution is 5.66. The van der Waals surface area contributed by atoms with Crippen molar-refractivity contribution in [2.24, 2.45) is 28.6 Å². The van der Waals surface area contributed by atoms with Crippen molar-refractivity contribution in [1.29, 1.82) is 0 Å². The third kappa shape index (κ3) is 8.43. The van der Waals surface area contributed by atoms with E-state index in [-0.39, 0.29) is 0 Å². The number of hydrogen-bond acceptors (Lipinski definition) is 1. The summed E-state index contributed by atoms with van der Waals surface area (Å²) in [5.41, 5.74) is 2.41. The van der Waals surface area contributed by atoms with Crippen LogP contribution in [0.1, 0.15) is 150 Å². The normalized spacial score (nSPS) is 27.6. The molecule has 1 unspecified atom stereocenters. The van der Waals surface area contributed by atoms with Crippen LogP contribution in [0.2, 0.25) is 0 Å². The molecule has 0 spiro atoms. The standard InChI is InChI=1S/C31H56O2/c1-6-7-8-9-10-11-12-13-14-15-18-26(19-16-20-28(32)33)29-25(2)21-22-27-30(3,4)23-17-24-31(27,29)5/h21,26-27,29H,6-20,22-24H2,1-5H3,(H,32,33)/t26?,27-,29+,31-/m0/s1. The van der Waals surface area contributed by atoms with Crippen LogP contribution in [-0.2, 0) is 4.79 Å². The van der Waals surface area contributed by atoms with Crippen LogP contribution < -0.4 is 0 Å². The number of carboxylic acid groups (broad SMARTS) is 1. The topological polar surface area (TPSA) is 37.3 Å². The zero-order valence-electron chi connectivity index (χ0n) is 22.9. The molecule has 2 rings (SSSR count). The van der Waals surface area contributed by atoms with Crippen molar-refractivity contribution in [2.45, 2.75) is 150 Å². The summed E-state index contributed by atoms with van der Waals surface area (Å²) in [6.45, 7) is 12.3. The van der Waals surface area contributed by atoms with Gasteiger partial charge in [-0.1, -0.05) is 110 Å². The largest absolute Gasteiger partial charge is 0.481 e. The number of fused-ring (bicyclic) bond motifs is 1. The molecule has 33 heavy (non-hydrogen) atoms. The minimum absolute atomic E-state index is 0.329. The van der Waals surface area contributed by atoms with Crippen molar-refractivity contribution < 1.29 is 9.90 Å². The third-order valence-electron chi connectivity index (χ3n) is 9.52. The number of carboxylic acids is 1. The van der Waals surface area contributed by atoms with Crippen molar-refractivity contribution in [3.05, 3.63) is 11.6 Å². The second-order valence-corrected chi connectivity index (χ2v) is 12.6. The van der Waals surface area contributed by atoms with Crippen LogP contribution in [0.15, 0.2) is 11.6 Å². The number of aliphatic carboxylic acids is 1. The maximum Gasteiger partial charge on any atom is 0.303 e. The van der Waals surface area contributed by atoms with Crippen molar-refractivity contribution in [1.82, 2.24) is 0 Å². The molecule has 4 atom stereocenters. The van der Waals surface area contributed by atoms with Gasteiger partial charge in [0.1, 0.15) is 0 Å². The molecule has 2 aliphatic carbocycles. The van der Waals surface area contributed by atoms with Gasteiger partial charge in [-0.2, -0.15) is 0 Å². The van der Waals surface area contributed by atoms with E-state index in [2.05, 4.69) is 40.7 Å². The van der Waals surface area contributed by atoms with Gasteiger partial charge in [-0.3, -0.25) is 4.79 Å². The highest BCUT2D eigenvalue weighted by Gasteiger charge is 2.53. The van der Waals surface area contributed by atoms with E-state index in [1.807, 2.05) is 0 Å². The van der Waals surface area contributed by atoms with Crippen LogP contribution in [0.3, 0.4) is 0 Å². The Labute approximate surface area is 206 Å². The Morgan fingerprint density at radius 3 is 2.12 bits per heavy atom. The van der Waals surface area contributed by atoms with Crippen molar-refractivity contribution >= 4 is 5.97 Å². The number of rotatable bonds is 16. The van der Waals surface area contributed by atoms with E-state index < -0.39 is 5.97 Å². The lowest BCUT2D eigenvalue weighted by atomic mass is 9.46. The Kier molecular flexibility index (Phi) is 12.0. The molecular weight excluding hydrogens is 404 g/mol. The van der Waals surface area contributed by atoms with Gasteiger partial charge in [0.2, 0.25) is 0 Å². The molecule has 0 aromatic heterocycles. The summed E-state index contributed by atoms with van der Waals surface area (Å²) in [7, 11) is 0. The van der Waals surface area contributed by atoms with E-state index in [1.165, 1.54) is 96.3 Å². The highest BCUT2D eigenvalue weighted by Crippen LogP contribution is 2.62. The zero-order chi connectivity index (χ0) is 24.3. The first-order chi connectivity index (χ1) is 15.7. The second kappa shape index (κ2) is 13.9. The van der Waals surface area contributed by atoms with Gasteiger partial charge < -0.3 is 5.11 Å². The second-order valence-electron chi connectivity index (χ2n) is 12.6. The van der Waals surface area contributed by atoms with Gasteiger partial charge in [0.05, 0.1) is 0 Å². The van der Waals surface area contributed by atoms with Gasteiger partial charge in [0.25, 0.3) is 0 Å². The first-order valence-electron chi connectivity index (χ1n) is 14.6. The maximum atomic E-state index is 11.2. The fourth-order valence-electron chi connectivity index (χ4n) is 7.87. The van der Waals surface area contributed by atoms with Crippen LogP contribution >= 0.6 is 0 Å². The summed E-state index contributed by atoms with van der Waals surface area (Å²) < 4.78 is 0. The van der Waals surface area contributed by atoms with Gasteiger partial charge in [0, 0.05) is 6.42 Å². The molecule has 1 fully saturated rings. The highest BCUT2D eigenvalue weighted by atomic mass is 16.4. The SMILES string of the molecule is CCCCCCCCCCCCC(CCCC(=O)O)[C@H]1C(C)=CC[C@H]2C(C)(C)CCC[C@]12C. The van der Waals surface area contributed by atoms with E-state index in [1.54, 1.807) is 5.57 Å². The Morgan fingerprint density at radius 1 is 0.939 bits per heavy atom. The molecule has 0 heterocycles. The van der Waals surface area contributed by atoms with E-state index in [0.29, 0.717) is 29.1 Å². The predicted octanol–water partition coefficient (Wildman–Crippen LogP) is 9.97. The number of carbonyl (C=O) groups is 1. The first-order valence-corrected chi connectivity index (χ1v) is 14.6. The lowest BCUT2D eigenvalue weighted by Gasteiger charge is -2.58. The molecule has 0 aromatic carbocycles. The molecular formula is C31H56O2. The summed E-state index contributed by atoms with van der Waals surface area (Å²) >= 11 is 0. The predicted molar refractivity (Wildman–Crippen MR) is 143 cm³/mol. The van der Waals surface area contributed by atoms with Crippen LogP contribution in [0.4, 0.5) is 0 Å². The third-order valence-corrected chi connectivity index (χ3v) is 9.52. The van der Waals surface area contributed by atoms with Crippen LogP contribution in [0.5, 0.6) is 0 Å². The monoisotopic (exact) mass is 460 g/mol. The zero-order valence-corrected chi connectivity index (χ0v) is 22.9. The number of unbranched alkanes of at least 4 members (excludes halogenated alkanes) is 9. The summed E-state index contributed by atoms with van der Waals surface area (Å²) in [5, 5.41) is 9.25. The molecule has 0 radical (unpaired) electrons. The average Bonchev–Trinajstić information content (AvgIpc) is 2.73. The Bertz CT molecular complexity index is 604. The van der Waals surface area contributed by atoms with E-state index in [0.717, 1.165) is 18.8 Å². The Balaban J connectivity index is 1.94. The maximum absolute atomic E-state index is 11.2. The first kappa shape index (κ1) is 28.4. The van der Waals surface area contributed by atoms with Crippen LogP contribution in [-0.4, -0.2) is 11.1 Å². The van der Waals surface area contributed by atoms with Crippen molar-refractivity contribution in [2.75, 3.05) is 0 Å². The Hall–Kier alpha value is -0.790. The van der Waals surface area contributed by atoms with E-state index >= 15 is 0 Å². The minimum atomic E-state index is -0.633. The molecule has 192 valence electrons. The fraction of sp³-hybridized carbons (Fsp3) is 0.903. The van der Waals surface area contributed by atoms with Gasteiger partial charge in [-0.15, -0.1) is 0 Å².